The Bertz CT molecular complexity index is 814. The molecule has 1 spiro atoms. The molecule has 1 atom stereocenters. The van der Waals surface area contributed by atoms with Crippen LogP contribution in [0, 0.1) is 5.41 Å². The van der Waals surface area contributed by atoms with Gasteiger partial charge in [-0.05, 0) is 30.7 Å². The fraction of sp³-hybridized carbons (Fsp3) is 0.412. The Morgan fingerprint density at radius 2 is 1.84 bits per heavy atom. The van der Waals surface area contributed by atoms with Crippen molar-refractivity contribution in [2.75, 3.05) is 25.0 Å². The first-order valence-corrected chi connectivity index (χ1v) is 8.02. The topological polar surface area (TPSA) is 41.4 Å². The van der Waals surface area contributed by atoms with E-state index in [2.05, 4.69) is 5.10 Å². The van der Waals surface area contributed by atoms with Crippen LogP contribution in [0.15, 0.2) is 36.5 Å². The summed E-state index contributed by atoms with van der Waals surface area (Å²) in [5, 5.41) is 4.29. The van der Waals surface area contributed by atoms with Gasteiger partial charge < -0.3 is 9.80 Å². The number of benzene rings is 1. The number of aromatic nitrogens is 2. The van der Waals surface area contributed by atoms with Gasteiger partial charge in [0.2, 0.25) is 5.91 Å². The summed E-state index contributed by atoms with van der Waals surface area (Å²) < 4.78 is 40.2. The fourth-order valence-corrected chi connectivity index (χ4v) is 3.74. The van der Waals surface area contributed by atoms with E-state index in [-0.39, 0.29) is 5.91 Å². The second kappa shape index (κ2) is 5.24. The van der Waals surface area contributed by atoms with Crippen LogP contribution in [0.2, 0.25) is 0 Å². The van der Waals surface area contributed by atoms with E-state index in [9.17, 15) is 18.0 Å². The molecule has 4 rings (SSSR count). The lowest BCUT2D eigenvalue weighted by atomic mass is 9.84. The Morgan fingerprint density at radius 3 is 2.44 bits per heavy atom. The highest BCUT2D eigenvalue weighted by Crippen LogP contribution is 2.42. The molecule has 1 saturated heterocycles. The number of likely N-dealkylation sites (tertiary alicyclic amines) is 1. The molecule has 0 saturated carbocycles. The minimum atomic E-state index is -4.37. The molecule has 0 bridgehead atoms. The number of fused-ring (bicyclic) bond motifs is 1. The number of halogens is 3. The van der Waals surface area contributed by atoms with Gasteiger partial charge in [-0.15, -0.1) is 0 Å². The molecule has 1 aromatic heterocycles. The van der Waals surface area contributed by atoms with Crippen LogP contribution in [-0.2, 0) is 17.5 Å². The number of hydrogen-bond donors (Lipinski definition) is 0. The molecule has 0 aliphatic carbocycles. The maximum atomic E-state index is 12.8. The lowest BCUT2D eigenvalue weighted by Gasteiger charge is -2.40. The van der Waals surface area contributed by atoms with Crippen LogP contribution in [0.1, 0.15) is 12.0 Å². The van der Waals surface area contributed by atoms with Gasteiger partial charge in [0, 0.05) is 31.9 Å². The lowest BCUT2D eigenvalue weighted by Crippen LogP contribution is -2.48. The average molecular weight is 350 g/mol. The van der Waals surface area contributed by atoms with Gasteiger partial charge in [-0.1, -0.05) is 0 Å². The van der Waals surface area contributed by atoms with Gasteiger partial charge in [-0.2, -0.15) is 18.3 Å². The van der Waals surface area contributed by atoms with Crippen molar-refractivity contribution in [2.24, 2.45) is 5.41 Å². The minimum Gasteiger partial charge on any atom is -0.345 e. The van der Waals surface area contributed by atoms with Crippen molar-refractivity contribution in [3.05, 3.63) is 42.1 Å². The SMILES string of the molecule is CN1CC[C@@]2(CN(c3ccc(C(F)(F)F)cc3)c3ccnn3C2)C1=O. The number of carbonyl (C=O) groups excluding carboxylic acids is 1. The third kappa shape index (κ3) is 2.47. The average Bonchev–Trinajstić information content (AvgIpc) is 3.15. The summed E-state index contributed by atoms with van der Waals surface area (Å²) >= 11 is 0. The molecule has 2 aliphatic rings. The number of hydrogen-bond acceptors (Lipinski definition) is 3. The van der Waals surface area contributed by atoms with Gasteiger partial charge in [-0.25, -0.2) is 4.68 Å². The van der Waals surface area contributed by atoms with E-state index >= 15 is 0 Å². The van der Waals surface area contributed by atoms with Crippen LogP contribution >= 0.6 is 0 Å². The Balaban J connectivity index is 1.73. The zero-order valence-corrected chi connectivity index (χ0v) is 13.6. The molecule has 3 heterocycles. The number of amides is 1. The smallest absolute Gasteiger partial charge is 0.345 e. The first-order chi connectivity index (χ1) is 11.8. The van der Waals surface area contributed by atoms with E-state index in [0.29, 0.717) is 31.7 Å². The summed E-state index contributed by atoms with van der Waals surface area (Å²) in [7, 11) is 1.78. The maximum Gasteiger partial charge on any atom is 0.416 e. The van der Waals surface area contributed by atoms with Crippen molar-refractivity contribution >= 4 is 17.4 Å². The second-order valence-electron chi connectivity index (χ2n) is 6.73. The molecule has 0 radical (unpaired) electrons. The number of alkyl halides is 3. The molecular weight excluding hydrogens is 333 g/mol. The lowest BCUT2D eigenvalue weighted by molar-refractivity contribution is -0.137. The Hall–Kier alpha value is -2.51. The van der Waals surface area contributed by atoms with Crippen LogP contribution < -0.4 is 4.90 Å². The minimum absolute atomic E-state index is 0.0607. The summed E-state index contributed by atoms with van der Waals surface area (Å²) in [6.45, 7) is 1.61. The summed E-state index contributed by atoms with van der Waals surface area (Å²) in [4.78, 5) is 16.3. The van der Waals surface area contributed by atoms with E-state index in [4.69, 9.17) is 0 Å². The van der Waals surface area contributed by atoms with Gasteiger partial charge in [0.25, 0.3) is 0 Å². The summed E-state index contributed by atoms with van der Waals surface area (Å²) in [6.07, 6.45) is -2.01. The van der Waals surface area contributed by atoms with E-state index in [0.717, 1.165) is 18.0 Å². The highest BCUT2D eigenvalue weighted by molar-refractivity contribution is 5.86. The summed E-state index contributed by atoms with van der Waals surface area (Å²) in [5.74, 6) is 0.846. The number of nitrogens with zero attached hydrogens (tertiary/aromatic N) is 4. The van der Waals surface area contributed by atoms with E-state index in [1.165, 1.54) is 12.1 Å². The first kappa shape index (κ1) is 16.0. The molecule has 25 heavy (non-hydrogen) atoms. The molecule has 1 amide bonds. The zero-order chi connectivity index (χ0) is 17.8. The van der Waals surface area contributed by atoms with Crippen molar-refractivity contribution in [3.8, 4) is 0 Å². The Labute approximate surface area is 142 Å². The van der Waals surface area contributed by atoms with Crippen molar-refractivity contribution < 1.29 is 18.0 Å². The Morgan fingerprint density at radius 1 is 1.12 bits per heavy atom. The molecular formula is C17H17F3N4O. The van der Waals surface area contributed by atoms with Crippen LogP contribution in [-0.4, -0.2) is 40.7 Å². The van der Waals surface area contributed by atoms with Crippen LogP contribution in [0.25, 0.3) is 0 Å². The zero-order valence-electron chi connectivity index (χ0n) is 13.6. The number of carbonyl (C=O) groups is 1. The van der Waals surface area contributed by atoms with E-state index in [1.807, 2.05) is 11.0 Å². The highest BCUT2D eigenvalue weighted by Gasteiger charge is 2.50. The molecule has 2 aliphatic heterocycles. The van der Waals surface area contributed by atoms with Gasteiger partial charge in [0.15, 0.2) is 0 Å². The van der Waals surface area contributed by atoms with Crippen LogP contribution in [0.4, 0.5) is 24.7 Å². The highest BCUT2D eigenvalue weighted by atomic mass is 19.4. The molecule has 0 unspecified atom stereocenters. The molecule has 132 valence electrons. The Kier molecular flexibility index (Phi) is 3.35. The van der Waals surface area contributed by atoms with E-state index in [1.54, 1.807) is 22.8 Å². The molecule has 1 aromatic carbocycles. The van der Waals surface area contributed by atoms with Crippen LogP contribution in [0.5, 0.6) is 0 Å². The summed E-state index contributed by atoms with van der Waals surface area (Å²) in [6, 6.07) is 6.85. The third-order valence-corrected chi connectivity index (χ3v) is 5.12. The largest absolute Gasteiger partial charge is 0.416 e. The third-order valence-electron chi connectivity index (χ3n) is 5.12. The van der Waals surface area contributed by atoms with Gasteiger partial charge in [-0.3, -0.25) is 4.79 Å². The predicted molar refractivity (Wildman–Crippen MR) is 85.4 cm³/mol. The molecule has 2 aromatic rings. The standard InChI is InChI=1S/C17H17F3N4O/c1-22-9-7-16(15(22)25)10-23(14-6-8-21-24(14)11-16)13-4-2-12(3-5-13)17(18,19)20/h2-6,8H,7,9-11H2,1H3/t16-/m0/s1. The monoisotopic (exact) mass is 350 g/mol. The number of rotatable bonds is 1. The van der Waals surface area contributed by atoms with Gasteiger partial charge in [0.1, 0.15) is 5.82 Å². The molecule has 8 heteroatoms. The van der Waals surface area contributed by atoms with E-state index < -0.39 is 17.2 Å². The fourth-order valence-electron chi connectivity index (χ4n) is 3.74. The van der Waals surface area contributed by atoms with Crippen molar-refractivity contribution in [1.82, 2.24) is 14.7 Å². The summed E-state index contributed by atoms with van der Waals surface area (Å²) in [5.41, 5.74) is -0.652. The molecule has 1 fully saturated rings. The van der Waals surface area contributed by atoms with Crippen molar-refractivity contribution in [3.63, 3.8) is 0 Å². The first-order valence-electron chi connectivity index (χ1n) is 8.02. The second-order valence-corrected chi connectivity index (χ2v) is 6.73. The number of anilines is 2. The quantitative estimate of drug-likeness (QED) is 0.794. The van der Waals surface area contributed by atoms with Gasteiger partial charge in [0.05, 0.1) is 23.7 Å². The van der Waals surface area contributed by atoms with Crippen molar-refractivity contribution in [1.29, 1.82) is 0 Å². The normalized spacial score (nSPS) is 23.4. The van der Waals surface area contributed by atoms with Crippen molar-refractivity contribution in [2.45, 2.75) is 19.1 Å². The van der Waals surface area contributed by atoms with Crippen LogP contribution in [0.3, 0.4) is 0 Å². The van der Waals surface area contributed by atoms with Gasteiger partial charge >= 0.3 is 6.18 Å². The molecule has 0 N–H and O–H groups in total. The molecule has 5 nitrogen and oxygen atoms in total. The predicted octanol–water partition coefficient (Wildman–Crippen LogP) is 2.90. The maximum absolute atomic E-state index is 12.8.